The number of hydrogen-bond donors (Lipinski definition) is 1. The predicted molar refractivity (Wildman–Crippen MR) is 62.2 cm³/mol. The summed E-state index contributed by atoms with van der Waals surface area (Å²) in [5, 5.41) is 19.4. The Hall–Kier alpha value is -2.48. The van der Waals surface area contributed by atoms with Gasteiger partial charge in [-0.1, -0.05) is 6.07 Å². The van der Waals surface area contributed by atoms with Crippen molar-refractivity contribution in [3.05, 3.63) is 44.8 Å². The maximum absolute atomic E-state index is 10.8. The van der Waals surface area contributed by atoms with E-state index >= 15 is 0 Å². The number of rotatable bonds is 4. The molecule has 0 saturated heterocycles. The summed E-state index contributed by atoms with van der Waals surface area (Å²) in [6.07, 6.45) is 0. The van der Waals surface area contributed by atoms with E-state index in [0.717, 1.165) is 11.3 Å². The Labute approximate surface area is 104 Å². The molecule has 1 N–H and O–H groups in total. The van der Waals surface area contributed by atoms with Crippen LogP contribution in [0.3, 0.4) is 0 Å². The number of aromatic carboxylic acids is 1. The molecule has 7 nitrogen and oxygen atoms in total. The monoisotopic (exact) mass is 266 g/mol. The zero-order valence-corrected chi connectivity index (χ0v) is 9.59. The van der Waals surface area contributed by atoms with Crippen LogP contribution < -0.4 is 4.74 Å². The number of benzene rings is 1. The summed E-state index contributed by atoms with van der Waals surface area (Å²) in [7, 11) is 0. The number of thiazole rings is 1. The van der Waals surface area contributed by atoms with Crippen LogP contribution in [0.4, 0.5) is 5.69 Å². The number of nitrogens with zero attached hydrogens (tertiary/aromatic N) is 2. The molecular weight excluding hydrogens is 260 g/mol. The molecule has 92 valence electrons. The highest BCUT2D eigenvalue weighted by Crippen LogP contribution is 2.28. The van der Waals surface area contributed by atoms with Crippen molar-refractivity contribution in [2.45, 2.75) is 0 Å². The standard InChI is InChI=1S/C10H6N2O5S/c13-10(14)8-9(11-5-18-8)17-7-3-1-2-6(4-7)12(15)16/h1-5H,(H,13,14). The molecule has 2 rings (SSSR count). The topological polar surface area (TPSA) is 103 Å². The molecule has 0 aliphatic heterocycles. The highest BCUT2D eigenvalue weighted by atomic mass is 32.1. The molecule has 0 unspecified atom stereocenters. The van der Waals surface area contributed by atoms with Crippen molar-refractivity contribution in [2.75, 3.05) is 0 Å². The third-order valence-electron chi connectivity index (χ3n) is 1.97. The van der Waals surface area contributed by atoms with Crippen molar-refractivity contribution in [3.63, 3.8) is 0 Å². The molecule has 0 fully saturated rings. The number of carbonyl (C=O) groups is 1. The zero-order valence-electron chi connectivity index (χ0n) is 8.77. The van der Waals surface area contributed by atoms with Crippen molar-refractivity contribution in [1.29, 1.82) is 0 Å². The molecule has 0 aliphatic carbocycles. The van der Waals surface area contributed by atoms with Gasteiger partial charge in [-0.25, -0.2) is 9.78 Å². The fourth-order valence-corrected chi connectivity index (χ4v) is 1.77. The molecule has 18 heavy (non-hydrogen) atoms. The van der Waals surface area contributed by atoms with E-state index < -0.39 is 10.9 Å². The fraction of sp³-hybridized carbons (Fsp3) is 0. The number of hydrogen-bond acceptors (Lipinski definition) is 6. The van der Waals surface area contributed by atoms with E-state index in [9.17, 15) is 14.9 Å². The van der Waals surface area contributed by atoms with Gasteiger partial charge in [-0.15, -0.1) is 11.3 Å². The summed E-state index contributed by atoms with van der Waals surface area (Å²) in [6, 6.07) is 5.44. The van der Waals surface area contributed by atoms with Gasteiger partial charge in [-0.05, 0) is 6.07 Å². The van der Waals surface area contributed by atoms with E-state index in [4.69, 9.17) is 9.84 Å². The predicted octanol–water partition coefficient (Wildman–Crippen LogP) is 2.54. The van der Waals surface area contributed by atoms with Crippen molar-refractivity contribution in [3.8, 4) is 11.6 Å². The van der Waals surface area contributed by atoms with Crippen LogP contribution in [0, 0.1) is 10.1 Å². The summed E-state index contributed by atoms with van der Waals surface area (Å²) >= 11 is 0.918. The van der Waals surface area contributed by atoms with E-state index in [2.05, 4.69) is 4.98 Å². The molecule has 0 aliphatic rings. The number of non-ortho nitro benzene ring substituents is 1. The SMILES string of the molecule is O=C(O)c1scnc1Oc1cccc([N+](=O)[O-])c1. The largest absolute Gasteiger partial charge is 0.477 e. The number of nitro groups is 1. The van der Waals surface area contributed by atoms with Crippen LogP contribution in [-0.4, -0.2) is 21.0 Å². The molecule has 0 radical (unpaired) electrons. The normalized spacial score (nSPS) is 10.0. The van der Waals surface area contributed by atoms with Crippen LogP contribution >= 0.6 is 11.3 Å². The summed E-state index contributed by atoms with van der Waals surface area (Å²) in [6.45, 7) is 0. The third-order valence-corrected chi connectivity index (χ3v) is 2.77. The van der Waals surface area contributed by atoms with Gasteiger partial charge in [-0.2, -0.15) is 0 Å². The number of ether oxygens (including phenoxy) is 1. The maximum Gasteiger partial charge on any atom is 0.351 e. The fourth-order valence-electron chi connectivity index (χ4n) is 1.22. The summed E-state index contributed by atoms with van der Waals surface area (Å²) < 4.78 is 5.22. The number of carboxylic acids is 1. The maximum atomic E-state index is 10.8. The smallest absolute Gasteiger partial charge is 0.351 e. The van der Waals surface area contributed by atoms with Gasteiger partial charge in [0.25, 0.3) is 5.69 Å². The Balaban J connectivity index is 2.28. The molecular formula is C10H6N2O5S. The molecule has 0 saturated carbocycles. The number of aromatic nitrogens is 1. The van der Waals surface area contributed by atoms with E-state index in [1.807, 2.05) is 0 Å². The first-order chi connectivity index (χ1) is 8.58. The zero-order chi connectivity index (χ0) is 13.1. The first-order valence-electron chi connectivity index (χ1n) is 4.67. The average molecular weight is 266 g/mol. The van der Waals surface area contributed by atoms with Crippen molar-refractivity contribution in [1.82, 2.24) is 4.98 Å². The van der Waals surface area contributed by atoms with Crippen LogP contribution in [0.25, 0.3) is 0 Å². The first kappa shape index (κ1) is 12.0. The highest BCUT2D eigenvalue weighted by Gasteiger charge is 2.16. The van der Waals surface area contributed by atoms with Crippen LogP contribution in [0.5, 0.6) is 11.6 Å². The van der Waals surface area contributed by atoms with Crippen molar-refractivity contribution >= 4 is 23.0 Å². The van der Waals surface area contributed by atoms with Crippen LogP contribution in [0.1, 0.15) is 9.67 Å². The van der Waals surface area contributed by atoms with E-state index in [-0.39, 0.29) is 22.2 Å². The van der Waals surface area contributed by atoms with Crippen LogP contribution in [-0.2, 0) is 0 Å². The molecule has 8 heteroatoms. The number of nitro benzene ring substituents is 1. The van der Waals surface area contributed by atoms with Gasteiger partial charge in [0.2, 0.25) is 5.88 Å². The minimum atomic E-state index is -1.15. The molecule has 2 aromatic rings. The van der Waals surface area contributed by atoms with Gasteiger partial charge in [-0.3, -0.25) is 10.1 Å². The van der Waals surface area contributed by atoms with Gasteiger partial charge in [0.05, 0.1) is 16.5 Å². The highest BCUT2D eigenvalue weighted by molar-refractivity contribution is 7.12. The molecule has 0 atom stereocenters. The Kier molecular flexibility index (Phi) is 3.20. The lowest BCUT2D eigenvalue weighted by atomic mass is 10.3. The summed E-state index contributed by atoms with van der Waals surface area (Å²) in [4.78, 5) is 24.5. The van der Waals surface area contributed by atoms with Gasteiger partial charge in [0.15, 0.2) is 4.88 Å². The van der Waals surface area contributed by atoms with Gasteiger partial charge in [0.1, 0.15) is 5.75 Å². The van der Waals surface area contributed by atoms with E-state index in [1.165, 1.54) is 29.8 Å². The van der Waals surface area contributed by atoms with Gasteiger partial charge < -0.3 is 9.84 Å². The van der Waals surface area contributed by atoms with Gasteiger partial charge in [0, 0.05) is 6.07 Å². The first-order valence-corrected chi connectivity index (χ1v) is 5.55. The average Bonchev–Trinajstić information content (AvgIpc) is 2.77. The van der Waals surface area contributed by atoms with Crippen molar-refractivity contribution < 1.29 is 19.6 Å². The Morgan fingerprint density at radius 3 is 2.94 bits per heavy atom. The molecule has 1 aromatic carbocycles. The molecule has 0 amide bonds. The quantitative estimate of drug-likeness (QED) is 0.673. The Bertz CT molecular complexity index is 610. The summed E-state index contributed by atoms with van der Waals surface area (Å²) in [5.41, 5.74) is 1.19. The molecule has 1 aromatic heterocycles. The van der Waals surface area contributed by atoms with Gasteiger partial charge >= 0.3 is 5.97 Å². The lowest BCUT2D eigenvalue weighted by Crippen LogP contribution is -1.96. The van der Waals surface area contributed by atoms with E-state index in [1.54, 1.807) is 0 Å². The second-order valence-corrected chi connectivity index (χ2v) is 4.00. The Morgan fingerprint density at radius 1 is 1.50 bits per heavy atom. The molecule has 0 bridgehead atoms. The lowest BCUT2D eigenvalue weighted by molar-refractivity contribution is -0.384. The second kappa shape index (κ2) is 4.80. The molecule has 0 spiro atoms. The summed E-state index contributed by atoms with van der Waals surface area (Å²) in [5.74, 6) is -1.07. The van der Waals surface area contributed by atoms with Crippen molar-refractivity contribution in [2.24, 2.45) is 0 Å². The minimum absolute atomic E-state index is 0.0542. The number of carboxylic acid groups (broad SMARTS) is 1. The van der Waals surface area contributed by atoms with Crippen LogP contribution in [0.15, 0.2) is 29.8 Å². The lowest BCUT2D eigenvalue weighted by Gasteiger charge is -2.02. The second-order valence-electron chi connectivity index (χ2n) is 3.15. The van der Waals surface area contributed by atoms with Crippen LogP contribution in [0.2, 0.25) is 0 Å². The Morgan fingerprint density at radius 2 is 2.28 bits per heavy atom. The van der Waals surface area contributed by atoms with E-state index in [0.29, 0.717) is 0 Å². The minimum Gasteiger partial charge on any atom is -0.477 e. The third kappa shape index (κ3) is 2.43. The molecule has 1 heterocycles.